The minimum absolute atomic E-state index is 0.0232. The molecule has 0 bridgehead atoms. The molecule has 0 fully saturated rings. The van der Waals surface area contributed by atoms with Gasteiger partial charge >= 0.3 is 0 Å². The molecule has 3 N–H and O–H groups in total. The third-order valence-corrected chi connectivity index (χ3v) is 3.09. The quantitative estimate of drug-likeness (QED) is 0.606. The van der Waals surface area contributed by atoms with Crippen LogP contribution in [0, 0.1) is 6.92 Å². The predicted octanol–water partition coefficient (Wildman–Crippen LogP) is 1.40. The van der Waals surface area contributed by atoms with E-state index in [1.165, 1.54) is 0 Å². The standard InChI is InChI=1S/C10H12N4S/c1-7-13-6-9(15-7)10(14-11)8-3-2-4-12-5-8/h2-6,10,14H,11H2,1H3. The van der Waals surface area contributed by atoms with Crippen molar-refractivity contribution in [1.29, 1.82) is 0 Å². The fourth-order valence-electron chi connectivity index (χ4n) is 1.40. The van der Waals surface area contributed by atoms with E-state index in [0.29, 0.717) is 0 Å². The van der Waals surface area contributed by atoms with Gasteiger partial charge in [0.2, 0.25) is 0 Å². The lowest BCUT2D eigenvalue weighted by atomic mass is 10.1. The Bertz CT molecular complexity index is 426. The Hall–Kier alpha value is -1.30. The number of aryl methyl sites for hydroxylation is 1. The van der Waals surface area contributed by atoms with Gasteiger partial charge in [-0.1, -0.05) is 6.07 Å². The van der Waals surface area contributed by atoms with Crippen molar-refractivity contribution >= 4 is 11.3 Å². The minimum Gasteiger partial charge on any atom is -0.271 e. The minimum atomic E-state index is -0.0232. The SMILES string of the molecule is Cc1ncc(C(NN)c2cccnc2)s1. The second kappa shape index (κ2) is 4.48. The molecule has 0 aliphatic heterocycles. The molecule has 1 unspecified atom stereocenters. The first-order valence-corrected chi connectivity index (χ1v) is 5.41. The topological polar surface area (TPSA) is 63.8 Å². The van der Waals surface area contributed by atoms with Gasteiger partial charge in [-0.05, 0) is 18.6 Å². The van der Waals surface area contributed by atoms with Crippen LogP contribution in [0.5, 0.6) is 0 Å². The first kappa shape index (κ1) is 10.2. The van der Waals surface area contributed by atoms with Crippen LogP contribution in [0.25, 0.3) is 0 Å². The second-order valence-corrected chi connectivity index (χ2v) is 4.43. The maximum absolute atomic E-state index is 5.55. The summed E-state index contributed by atoms with van der Waals surface area (Å²) < 4.78 is 0. The highest BCUT2D eigenvalue weighted by atomic mass is 32.1. The van der Waals surface area contributed by atoms with E-state index in [9.17, 15) is 0 Å². The fraction of sp³-hybridized carbons (Fsp3) is 0.200. The molecule has 5 heteroatoms. The largest absolute Gasteiger partial charge is 0.271 e. The maximum atomic E-state index is 5.55. The third-order valence-electron chi connectivity index (χ3n) is 2.11. The number of hydrogen-bond acceptors (Lipinski definition) is 5. The Morgan fingerprint density at radius 3 is 2.87 bits per heavy atom. The smallest absolute Gasteiger partial charge is 0.0897 e. The van der Waals surface area contributed by atoms with E-state index in [-0.39, 0.29) is 6.04 Å². The van der Waals surface area contributed by atoms with Gasteiger partial charge in [-0.25, -0.2) is 10.4 Å². The van der Waals surface area contributed by atoms with Gasteiger partial charge in [0.05, 0.1) is 11.0 Å². The zero-order valence-electron chi connectivity index (χ0n) is 8.34. The van der Waals surface area contributed by atoms with Gasteiger partial charge in [-0.15, -0.1) is 11.3 Å². The van der Waals surface area contributed by atoms with Gasteiger partial charge in [-0.2, -0.15) is 0 Å². The van der Waals surface area contributed by atoms with Crippen LogP contribution in [-0.4, -0.2) is 9.97 Å². The fourth-order valence-corrected chi connectivity index (χ4v) is 2.27. The van der Waals surface area contributed by atoms with E-state index < -0.39 is 0 Å². The van der Waals surface area contributed by atoms with Crippen molar-refractivity contribution in [2.75, 3.05) is 0 Å². The molecule has 0 radical (unpaired) electrons. The number of hydrogen-bond donors (Lipinski definition) is 2. The first-order valence-electron chi connectivity index (χ1n) is 4.59. The van der Waals surface area contributed by atoms with Crippen molar-refractivity contribution in [1.82, 2.24) is 15.4 Å². The van der Waals surface area contributed by atoms with Gasteiger partial charge in [-0.3, -0.25) is 10.8 Å². The molecular weight excluding hydrogens is 208 g/mol. The van der Waals surface area contributed by atoms with Crippen LogP contribution in [0.2, 0.25) is 0 Å². The molecule has 4 nitrogen and oxygen atoms in total. The molecule has 0 aromatic carbocycles. The van der Waals surface area contributed by atoms with Gasteiger partial charge in [0.25, 0.3) is 0 Å². The molecule has 0 aliphatic rings. The normalized spacial score (nSPS) is 12.7. The Labute approximate surface area is 92.2 Å². The summed E-state index contributed by atoms with van der Waals surface area (Å²) in [5.74, 6) is 5.55. The number of aromatic nitrogens is 2. The molecule has 2 aromatic heterocycles. The summed E-state index contributed by atoms with van der Waals surface area (Å²) in [7, 11) is 0. The molecule has 2 aromatic rings. The van der Waals surface area contributed by atoms with E-state index in [1.807, 2.05) is 25.3 Å². The van der Waals surface area contributed by atoms with E-state index in [1.54, 1.807) is 23.7 Å². The molecule has 78 valence electrons. The molecule has 0 saturated carbocycles. The van der Waals surface area contributed by atoms with Gasteiger partial charge in [0, 0.05) is 23.5 Å². The molecular formula is C10H12N4S. The Kier molecular flexibility index (Phi) is 3.05. The lowest BCUT2D eigenvalue weighted by molar-refractivity contribution is 0.643. The molecule has 0 spiro atoms. The summed E-state index contributed by atoms with van der Waals surface area (Å²) in [4.78, 5) is 9.39. The molecule has 15 heavy (non-hydrogen) atoms. The maximum Gasteiger partial charge on any atom is 0.0897 e. The molecule has 0 saturated heterocycles. The Morgan fingerprint density at radius 1 is 1.47 bits per heavy atom. The van der Waals surface area contributed by atoms with Crippen LogP contribution < -0.4 is 11.3 Å². The highest BCUT2D eigenvalue weighted by Crippen LogP contribution is 2.25. The number of nitrogens with two attached hydrogens (primary N) is 1. The van der Waals surface area contributed by atoms with Gasteiger partial charge in [0.15, 0.2) is 0 Å². The van der Waals surface area contributed by atoms with Gasteiger partial charge < -0.3 is 0 Å². The molecule has 1 atom stereocenters. The van der Waals surface area contributed by atoms with Crippen LogP contribution >= 0.6 is 11.3 Å². The number of nitrogens with zero attached hydrogens (tertiary/aromatic N) is 2. The van der Waals surface area contributed by atoms with Crippen molar-refractivity contribution in [2.45, 2.75) is 13.0 Å². The third kappa shape index (κ3) is 2.20. The van der Waals surface area contributed by atoms with Crippen LogP contribution in [0.4, 0.5) is 0 Å². The summed E-state index contributed by atoms with van der Waals surface area (Å²) in [6, 6.07) is 3.87. The number of nitrogens with one attached hydrogen (secondary N) is 1. The van der Waals surface area contributed by atoms with Crippen molar-refractivity contribution < 1.29 is 0 Å². The van der Waals surface area contributed by atoms with E-state index in [0.717, 1.165) is 15.4 Å². The number of pyridine rings is 1. The van der Waals surface area contributed by atoms with E-state index >= 15 is 0 Å². The van der Waals surface area contributed by atoms with Crippen molar-refractivity contribution in [3.63, 3.8) is 0 Å². The highest BCUT2D eigenvalue weighted by molar-refractivity contribution is 7.11. The van der Waals surface area contributed by atoms with Crippen molar-refractivity contribution in [3.8, 4) is 0 Å². The molecule has 2 rings (SSSR count). The van der Waals surface area contributed by atoms with Crippen molar-refractivity contribution in [3.05, 3.63) is 46.2 Å². The Morgan fingerprint density at radius 2 is 2.33 bits per heavy atom. The Balaban J connectivity index is 2.33. The van der Waals surface area contributed by atoms with Crippen LogP contribution in [0.15, 0.2) is 30.7 Å². The monoisotopic (exact) mass is 220 g/mol. The molecule has 2 heterocycles. The zero-order chi connectivity index (χ0) is 10.7. The van der Waals surface area contributed by atoms with Crippen LogP contribution in [0.1, 0.15) is 21.5 Å². The summed E-state index contributed by atoms with van der Waals surface area (Å²) in [5, 5.41) is 1.04. The van der Waals surface area contributed by atoms with Gasteiger partial charge in [0.1, 0.15) is 0 Å². The molecule has 0 aliphatic carbocycles. The summed E-state index contributed by atoms with van der Waals surface area (Å²) in [6.45, 7) is 1.98. The summed E-state index contributed by atoms with van der Waals surface area (Å²) in [5.41, 5.74) is 3.82. The van der Waals surface area contributed by atoms with E-state index in [2.05, 4.69) is 15.4 Å². The predicted molar refractivity (Wildman–Crippen MR) is 60.3 cm³/mol. The number of thiazole rings is 1. The highest BCUT2D eigenvalue weighted by Gasteiger charge is 2.14. The van der Waals surface area contributed by atoms with E-state index in [4.69, 9.17) is 5.84 Å². The lowest BCUT2D eigenvalue weighted by Crippen LogP contribution is -2.28. The number of hydrazine groups is 1. The lowest BCUT2D eigenvalue weighted by Gasteiger charge is -2.13. The summed E-state index contributed by atoms with van der Waals surface area (Å²) in [6.07, 6.45) is 5.39. The second-order valence-electron chi connectivity index (χ2n) is 3.17. The number of rotatable bonds is 3. The summed E-state index contributed by atoms with van der Waals surface area (Å²) >= 11 is 1.63. The first-order chi connectivity index (χ1) is 7.31. The van der Waals surface area contributed by atoms with Crippen LogP contribution in [-0.2, 0) is 0 Å². The van der Waals surface area contributed by atoms with Crippen LogP contribution in [0.3, 0.4) is 0 Å². The van der Waals surface area contributed by atoms with Crippen molar-refractivity contribution in [2.24, 2.45) is 5.84 Å². The zero-order valence-corrected chi connectivity index (χ0v) is 9.16. The average Bonchev–Trinajstić information content (AvgIpc) is 2.68. The molecule has 0 amide bonds. The average molecular weight is 220 g/mol.